The Bertz CT molecular complexity index is 1250. The van der Waals surface area contributed by atoms with Gasteiger partial charge >= 0.3 is 0 Å². The van der Waals surface area contributed by atoms with Gasteiger partial charge in [-0.2, -0.15) is 4.98 Å². The fraction of sp³-hybridized carbons (Fsp3) is 0.348. The van der Waals surface area contributed by atoms with Gasteiger partial charge < -0.3 is 4.90 Å². The Balaban J connectivity index is 0.000000433. The van der Waals surface area contributed by atoms with Crippen molar-refractivity contribution in [2.24, 2.45) is 5.41 Å². The second-order valence-electron chi connectivity index (χ2n) is 8.75. The first-order chi connectivity index (χ1) is 15.1. The number of aromatic nitrogens is 4. The Hall–Kier alpha value is -2.87. The lowest BCUT2D eigenvalue weighted by molar-refractivity contribution is 0.158. The molecular formula is C23H23ClF3N5. The molecule has 2 heterocycles. The molecule has 0 atom stereocenters. The smallest absolute Gasteiger partial charge is 0.257 e. The average molecular weight is 462 g/mol. The fourth-order valence-corrected chi connectivity index (χ4v) is 3.47. The van der Waals surface area contributed by atoms with Gasteiger partial charge in [-0.05, 0) is 67.1 Å². The molecule has 0 spiro atoms. The van der Waals surface area contributed by atoms with Crippen LogP contribution in [0, 0.1) is 18.2 Å². The molecule has 0 aliphatic heterocycles. The number of hydrogen-bond donors (Lipinski definition) is 0. The topological polar surface area (TPSA) is 46.3 Å². The molecule has 32 heavy (non-hydrogen) atoms. The molecule has 1 fully saturated rings. The number of halogens is 4. The van der Waals surface area contributed by atoms with E-state index in [0.717, 1.165) is 5.41 Å². The van der Waals surface area contributed by atoms with Crippen LogP contribution in [-0.2, 0) is 0 Å². The molecule has 0 saturated heterocycles. The van der Waals surface area contributed by atoms with E-state index in [-0.39, 0.29) is 17.3 Å². The largest absolute Gasteiger partial charge is 0.320 e. The van der Waals surface area contributed by atoms with Crippen LogP contribution in [0.1, 0.15) is 32.3 Å². The number of alkyl halides is 2. The summed E-state index contributed by atoms with van der Waals surface area (Å²) in [7, 11) is 0. The van der Waals surface area contributed by atoms with Crippen molar-refractivity contribution in [1.82, 2.24) is 19.6 Å². The fourth-order valence-electron chi connectivity index (χ4n) is 3.30. The maximum absolute atomic E-state index is 13.9. The van der Waals surface area contributed by atoms with E-state index >= 15 is 0 Å². The van der Waals surface area contributed by atoms with Gasteiger partial charge in [-0.3, -0.25) is 4.40 Å². The zero-order valence-electron chi connectivity index (χ0n) is 18.0. The maximum Gasteiger partial charge on any atom is 0.257 e. The summed E-state index contributed by atoms with van der Waals surface area (Å²) in [5.74, 6) is -0.0557. The Morgan fingerprint density at radius 3 is 2.50 bits per heavy atom. The highest BCUT2D eigenvalue weighted by Crippen LogP contribution is 2.43. The minimum atomic E-state index is -2.66. The van der Waals surface area contributed by atoms with E-state index in [1.807, 2.05) is 0 Å². The molecule has 0 unspecified atom stereocenters. The van der Waals surface area contributed by atoms with Crippen molar-refractivity contribution in [1.29, 1.82) is 0 Å². The minimum Gasteiger partial charge on any atom is -0.320 e. The minimum absolute atomic E-state index is 0.229. The van der Waals surface area contributed by atoms with Crippen molar-refractivity contribution < 1.29 is 13.2 Å². The molecule has 1 saturated carbocycles. The lowest BCUT2D eigenvalue weighted by Crippen LogP contribution is -2.25. The van der Waals surface area contributed by atoms with Gasteiger partial charge in [-0.1, -0.05) is 25.4 Å². The summed E-state index contributed by atoms with van der Waals surface area (Å²) in [5, 5.41) is 8.78. The van der Waals surface area contributed by atoms with Gasteiger partial charge in [0.1, 0.15) is 18.0 Å². The van der Waals surface area contributed by atoms with E-state index in [0.29, 0.717) is 21.5 Å². The van der Waals surface area contributed by atoms with Gasteiger partial charge in [0.2, 0.25) is 0 Å². The second-order valence-corrected chi connectivity index (χ2v) is 9.19. The van der Waals surface area contributed by atoms with Crippen LogP contribution < -0.4 is 4.90 Å². The Labute approximate surface area is 188 Å². The van der Waals surface area contributed by atoms with Crippen LogP contribution in [0.4, 0.5) is 24.7 Å². The van der Waals surface area contributed by atoms with Gasteiger partial charge in [0.25, 0.3) is 12.2 Å². The van der Waals surface area contributed by atoms with Crippen molar-refractivity contribution in [3.63, 3.8) is 0 Å². The molecule has 9 heteroatoms. The van der Waals surface area contributed by atoms with E-state index < -0.39 is 18.8 Å². The van der Waals surface area contributed by atoms with Crippen LogP contribution in [0.25, 0.3) is 16.7 Å². The standard InChI is InChI=1S/C18H13ClF3N5.C5H10/c1-10-4-12(20)7-13(5-10)26(8-16(21)22)17-14-3-2-11(19)6-15(14)27-9-23-25-18(27)24-17;1-5(2)3-4-5/h2-7,9,16H,8H2,1H3;3-4H2,1-2H3. The number of fused-ring (bicyclic) bond motifs is 3. The third-order valence-corrected chi connectivity index (χ3v) is 5.60. The molecule has 0 amide bonds. The molecule has 2 aromatic carbocycles. The summed E-state index contributed by atoms with van der Waals surface area (Å²) in [6.45, 7) is 5.64. The SMILES string of the molecule is CC1(C)CC1.Cc1cc(F)cc(N(CC(F)F)c2nc3nncn3c3cc(Cl)ccc23)c1. The van der Waals surface area contributed by atoms with E-state index in [9.17, 15) is 13.2 Å². The number of nitrogens with zero attached hydrogens (tertiary/aromatic N) is 5. The monoisotopic (exact) mass is 461 g/mol. The number of benzene rings is 2. The van der Waals surface area contributed by atoms with E-state index in [1.54, 1.807) is 35.6 Å². The summed E-state index contributed by atoms with van der Waals surface area (Å²) in [6.07, 6.45) is 1.71. The van der Waals surface area contributed by atoms with Crippen LogP contribution in [0.3, 0.4) is 0 Å². The lowest BCUT2D eigenvalue weighted by Gasteiger charge is -2.25. The zero-order valence-corrected chi connectivity index (χ0v) is 18.7. The van der Waals surface area contributed by atoms with Crippen LogP contribution in [0.5, 0.6) is 0 Å². The number of rotatable bonds is 4. The quantitative estimate of drug-likeness (QED) is 0.344. The highest BCUT2D eigenvalue weighted by Gasteiger charge is 2.30. The van der Waals surface area contributed by atoms with Gasteiger partial charge in [-0.25, -0.2) is 13.2 Å². The molecule has 0 N–H and O–H groups in total. The molecule has 4 aromatic rings. The number of aryl methyl sites for hydroxylation is 1. The average Bonchev–Trinajstić information content (AvgIpc) is 3.21. The molecule has 0 bridgehead atoms. The van der Waals surface area contributed by atoms with E-state index in [2.05, 4.69) is 29.0 Å². The summed E-state index contributed by atoms with van der Waals surface area (Å²) in [6, 6.07) is 9.16. The first-order valence-electron chi connectivity index (χ1n) is 10.2. The summed E-state index contributed by atoms with van der Waals surface area (Å²) in [4.78, 5) is 5.68. The molecular weight excluding hydrogens is 439 g/mol. The normalized spacial score (nSPS) is 14.5. The third-order valence-electron chi connectivity index (χ3n) is 5.36. The molecule has 5 nitrogen and oxygen atoms in total. The first-order valence-corrected chi connectivity index (χ1v) is 10.6. The third kappa shape index (κ3) is 4.96. The summed E-state index contributed by atoms with van der Waals surface area (Å²) in [5.41, 5.74) is 2.25. The second kappa shape index (κ2) is 8.58. The van der Waals surface area contributed by atoms with Crippen LogP contribution in [0.2, 0.25) is 5.02 Å². The van der Waals surface area contributed by atoms with Gasteiger partial charge in [-0.15, -0.1) is 10.2 Å². The van der Waals surface area contributed by atoms with Gasteiger partial charge in [0.15, 0.2) is 0 Å². The predicted molar refractivity (Wildman–Crippen MR) is 120 cm³/mol. The molecule has 2 aromatic heterocycles. The Morgan fingerprint density at radius 1 is 1.16 bits per heavy atom. The van der Waals surface area contributed by atoms with Crippen molar-refractivity contribution in [2.45, 2.75) is 40.0 Å². The Morgan fingerprint density at radius 2 is 1.88 bits per heavy atom. The highest BCUT2D eigenvalue weighted by molar-refractivity contribution is 6.31. The van der Waals surface area contributed by atoms with Crippen LogP contribution >= 0.6 is 11.6 Å². The number of anilines is 2. The Kier molecular flexibility index (Phi) is 5.99. The lowest BCUT2D eigenvalue weighted by atomic mass is 10.1. The van der Waals surface area contributed by atoms with Crippen molar-refractivity contribution in [3.05, 3.63) is 59.1 Å². The van der Waals surface area contributed by atoms with Crippen molar-refractivity contribution in [2.75, 3.05) is 11.4 Å². The van der Waals surface area contributed by atoms with Crippen LogP contribution in [-0.4, -0.2) is 32.6 Å². The summed E-state index contributed by atoms with van der Waals surface area (Å²) < 4.78 is 42.3. The molecule has 5 rings (SSSR count). The van der Waals surface area contributed by atoms with Crippen molar-refractivity contribution in [3.8, 4) is 0 Å². The molecule has 0 radical (unpaired) electrons. The molecule has 1 aliphatic carbocycles. The van der Waals surface area contributed by atoms with Gasteiger partial charge in [0, 0.05) is 16.1 Å². The van der Waals surface area contributed by atoms with Gasteiger partial charge in [0.05, 0.1) is 12.1 Å². The highest BCUT2D eigenvalue weighted by atomic mass is 35.5. The first kappa shape index (κ1) is 22.3. The van der Waals surface area contributed by atoms with E-state index in [1.165, 1.54) is 36.2 Å². The molecule has 168 valence electrons. The maximum atomic E-state index is 13.9. The van der Waals surface area contributed by atoms with Crippen LogP contribution in [0.15, 0.2) is 42.7 Å². The molecule has 1 aliphatic rings. The van der Waals surface area contributed by atoms with E-state index in [4.69, 9.17) is 11.6 Å². The predicted octanol–water partition coefficient (Wildman–Crippen LogP) is 6.59. The summed E-state index contributed by atoms with van der Waals surface area (Å²) >= 11 is 6.10. The van der Waals surface area contributed by atoms with Crippen molar-refractivity contribution >= 4 is 39.8 Å². The number of hydrogen-bond acceptors (Lipinski definition) is 4. The zero-order chi connectivity index (χ0) is 23.0.